The summed E-state index contributed by atoms with van der Waals surface area (Å²) in [6.45, 7) is 4.12. The largest absolute Gasteiger partial charge is 0.347 e. The first kappa shape index (κ1) is 13.2. The Hall–Kier alpha value is -1.19. The lowest BCUT2D eigenvalue weighted by molar-refractivity contribution is 0.881. The minimum absolute atomic E-state index is 0.689. The topological polar surface area (TPSA) is 28.7 Å². The van der Waals surface area contributed by atoms with E-state index in [4.69, 9.17) is 23.8 Å². The highest BCUT2D eigenvalue weighted by molar-refractivity contribution is 7.71. The SMILES string of the molecule is CCc1[nH]c(Cc2ccc(Cl)cc2)nc(=S)c1C. The standard InChI is InChI=1S/C14H15ClN2S/c1-3-12-9(2)14(18)17-13(16-12)8-10-4-6-11(15)7-5-10/h4-7H,3,8H2,1-2H3,(H,16,17,18). The Bertz CT molecular complexity index is 602. The highest BCUT2D eigenvalue weighted by Crippen LogP contribution is 2.13. The van der Waals surface area contributed by atoms with Crippen LogP contribution in [-0.4, -0.2) is 9.97 Å². The molecular weight excluding hydrogens is 264 g/mol. The van der Waals surface area contributed by atoms with E-state index >= 15 is 0 Å². The van der Waals surface area contributed by atoms with Gasteiger partial charge in [0.15, 0.2) is 0 Å². The van der Waals surface area contributed by atoms with Crippen molar-refractivity contribution in [2.24, 2.45) is 0 Å². The van der Waals surface area contributed by atoms with Crippen molar-refractivity contribution in [3.8, 4) is 0 Å². The Kier molecular flexibility index (Phi) is 4.15. The first-order valence-corrected chi connectivity index (χ1v) is 6.72. The van der Waals surface area contributed by atoms with E-state index in [1.165, 1.54) is 11.3 Å². The Morgan fingerprint density at radius 3 is 2.56 bits per heavy atom. The average molecular weight is 279 g/mol. The summed E-state index contributed by atoms with van der Waals surface area (Å²) in [5.41, 5.74) is 3.41. The van der Waals surface area contributed by atoms with Gasteiger partial charge in [-0.25, -0.2) is 4.98 Å². The lowest BCUT2D eigenvalue weighted by Crippen LogP contribution is -2.03. The molecule has 0 aliphatic rings. The van der Waals surface area contributed by atoms with Crippen LogP contribution in [0.2, 0.25) is 5.02 Å². The normalized spacial score (nSPS) is 10.6. The second kappa shape index (κ2) is 5.63. The molecule has 4 heteroatoms. The van der Waals surface area contributed by atoms with Crippen LogP contribution >= 0.6 is 23.8 Å². The summed E-state index contributed by atoms with van der Waals surface area (Å²) in [5, 5.41) is 0.748. The highest BCUT2D eigenvalue weighted by atomic mass is 35.5. The maximum atomic E-state index is 5.87. The van der Waals surface area contributed by atoms with Crippen molar-refractivity contribution in [1.29, 1.82) is 0 Å². The third kappa shape index (κ3) is 2.98. The fourth-order valence-electron chi connectivity index (χ4n) is 1.86. The molecule has 0 spiro atoms. The molecule has 1 aromatic heterocycles. The molecule has 0 aliphatic carbocycles. The Morgan fingerprint density at radius 2 is 1.94 bits per heavy atom. The van der Waals surface area contributed by atoms with Gasteiger partial charge in [0.05, 0.1) is 0 Å². The zero-order valence-electron chi connectivity index (χ0n) is 10.5. The summed E-state index contributed by atoms with van der Waals surface area (Å²) in [4.78, 5) is 7.78. The monoisotopic (exact) mass is 278 g/mol. The summed E-state index contributed by atoms with van der Waals surface area (Å²) >= 11 is 11.1. The van der Waals surface area contributed by atoms with Gasteiger partial charge < -0.3 is 4.98 Å². The zero-order valence-corrected chi connectivity index (χ0v) is 12.0. The molecule has 94 valence electrons. The lowest BCUT2D eigenvalue weighted by Gasteiger charge is -2.08. The number of aromatic amines is 1. The molecule has 0 radical (unpaired) electrons. The first-order valence-electron chi connectivity index (χ1n) is 5.93. The summed E-state index contributed by atoms with van der Waals surface area (Å²) in [7, 11) is 0. The Labute approximate surface area is 117 Å². The highest BCUT2D eigenvalue weighted by Gasteiger charge is 2.04. The summed E-state index contributed by atoms with van der Waals surface area (Å²) < 4.78 is 0.689. The summed E-state index contributed by atoms with van der Waals surface area (Å²) in [6.07, 6.45) is 1.68. The van der Waals surface area contributed by atoms with Crippen LogP contribution in [0.1, 0.15) is 29.6 Å². The van der Waals surface area contributed by atoms with E-state index < -0.39 is 0 Å². The molecule has 0 aliphatic heterocycles. The minimum atomic E-state index is 0.689. The Morgan fingerprint density at radius 1 is 1.28 bits per heavy atom. The van der Waals surface area contributed by atoms with E-state index in [-0.39, 0.29) is 0 Å². The predicted molar refractivity (Wildman–Crippen MR) is 77.8 cm³/mol. The van der Waals surface area contributed by atoms with Crippen LogP contribution in [0.15, 0.2) is 24.3 Å². The van der Waals surface area contributed by atoms with Crippen molar-refractivity contribution in [3.63, 3.8) is 0 Å². The van der Waals surface area contributed by atoms with Crippen molar-refractivity contribution in [1.82, 2.24) is 9.97 Å². The van der Waals surface area contributed by atoms with E-state index in [0.717, 1.165) is 29.3 Å². The molecule has 0 fully saturated rings. The van der Waals surface area contributed by atoms with Gasteiger partial charge in [-0.1, -0.05) is 42.9 Å². The molecule has 1 heterocycles. The summed E-state index contributed by atoms with van der Waals surface area (Å²) in [6, 6.07) is 7.79. The van der Waals surface area contributed by atoms with Crippen LogP contribution in [0.4, 0.5) is 0 Å². The third-order valence-electron chi connectivity index (χ3n) is 2.94. The minimum Gasteiger partial charge on any atom is -0.347 e. The van der Waals surface area contributed by atoms with Crippen molar-refractivity contribution in [2.75, 3.05) is 0 Å². The van der Waals surface area contributed by atoms with Crippen LogP contribution in [-0.2, 0) is 12.8 Å². The van der Waals surface area contributed by atoms with Crippen molar-refractivity contribution >= 4 is 23.8 Å². The number of aromatic nitrogens is 2. The fourth-order valence-corrected chi connectivity index (χ4v) is 2.22. The molecule has 2 aromatic rings. The van der Waals surface area contributed by atoms with E-state index in [2.05, 4.69) is 16.9 Å². The number of hydrogen-bond acceptors (Lipinski definition) is 2. The maximum Gasteiger partial charge on any atom is 0.132 e. The lowest BCUT2D eigenvalue weighted by atomic mass is 10.1. The predicted octanol–water partition coefficient (Wildman–Crippen LogP) is 4.25. The molecule has 2 nitrogen and oxygen atoms in total. The van der Waals surface area contributed by atoms with Gasteiger partial charge in [0.25, 0.3) is 0 Å². The van der Waals surface area contributed by atoms with E-state index in [1.54, 1.807) is 0 Å². The fraction of sp³-hybridized carbons (Fsp3) is 0.286. The molecule has 2 rings (SSSR count). The average Bonchev–Trinajstić information content (AvgIpc) is 2.36. The molecule has 1 aromatic carbocycles. The third-order valence-corrected chi connectivity index (χ3v) is 3.59. The van der Waals surface area contributed by atoms with Gasteiger partial charge in [-0.15, -0.1) is 0 Å². The van der Waals surface area contributed by atoms with Gasteiger partial charge in [-0.3, -0.25) is 0 Å². The second-order valence-corrected chi connectivity index (χ2v) is 5.07. The van der Waals surface area contributed by atoms with Crippen LogP contribution in [0.25, 0.3) is 0 Å². The molecule has 0 saturated heterocycles. The quantitative estimate of drug-likeness (QED) is 0.850. The van der Waals surface area contributed by atoms with E-state index in [1.807, 2.05) is 31.2 Å². The van der Waals surface area contributed by atoms with Crippen LogP contribution in [0, 0.1) is 11.6 Å². The van der Waals surface area contributed by atoms with Crippen molar-refractivity contribution in [3.05, 3.63) is 56.6 Å². The van der Waals surface area contributed by atoms with E-state index in [0.29, 0.717) is 4.64 Å². The number of aryl methyl sites for hydroxylation is 1. The number of hydrogen-bond donors (Lipinski definition) is 1. The molecular formula is C14H15ClN2S. The molecule has 0 unspecified atom stereocenters. The molecule has 1 N–H and O–H groups in total. The van der Waals surface area contributed by atoms with Crippen LogP contribution in [0.3, 0.4) is 0 Å². The number of nitrogens with one attached hydrogen (secondary N) is 1. The Balaban J connectivity index is 2.32. The number of halogens is 1. The van der Waals surface area contributed by atoms with Gasteiger partial charge >= 0.3 is 0 Å². The maximum absolute atomic E-state index is 5.87. The number of benzene rings is 1. The molecule has 0 atom stereocenters. The van der Waals surface area contributed by atoms with Crippen LogP contribution in [0.5, 0.6) is 0 Å². The first-order chi connectivity index (χ1) is 8.60. The number of rotatable bonds is 3. The van der Waals surface area contributed by atoms with Gasteiger partial charge in [-0.2, -0.15) is 0 Å². The van der Waals surface area contributed by atoms with E-state index in [9.17, 15) is 0 Å². The van der Waals surface area contributed by atoms with Gasteiger partial charge in [-0.05, 0) is 31.0 Å². The number of nitrogens with zero attached hydrogens (tertiary/aromatic N) is 1. The smallest absolute Gasteiger partial charge is 0.132 e. The zero-order chi connectivity index (χ0) is 13.1. The molecule has 18 heavy (non-hydrogen) atoms. The molecule has 0 saturated carbocycles. The van der Waals surface area contributed by atoms with Gasteiger partial charge in [0.1, 0.15) is 10.5 Å². The van der Waals surface area contributed by atoms with Gasteiger partial charge in [0, 0.05) is 22.7 Å². The van der Waals surface area contributed by atoms with Crippen molar-refractivity contribution < 1.29 is 0 Å². The van der Waals surface area contributed by atoms with Crippen molar-refractivity contribution in [2.45, 2.75) is 26.7 Å². The molecule has 0 bridgehead atoms. The second-order valence-electron chi connectivity index (χ2n) is 4.25. The van der Waals surface area contributed by atoms with Gasteiger partial charge in [0.2, 0.25) is 0 Å². The van der Waals surface area contributed by atoms with Crippen LogP contribution < -0.4 is 0 Å². The molecule has 0 amide bonds. The number of H-pyrrole nitrogens is 1. The summed E-state index contributed by atoms with van der Waals surface area (Å²) in [5.74, 6) is 0.907.